The summed E-state index contributed by atoms with van der Waals surface area (Å²) in [6.07, 6.45) is 8.60. The Morgan fingerprint density at radius 2 is 1.79 bits per heavy atom. The van der Waals surface area contributed by atoms with Crippen LogP contribution < -0.4 is 10.2 Å². The van der Waals surface area contributed by atoms with Gasteiger partial charge in [0, 0.05) is 22.7 Å². The Labute approximate surface area is 165 Å². The zero-order valence-corrected chi connectivity index (χ0v) is 15.1. The van der Waals surface area contributed by atoms with Crippen LogP contribution in [0.2, 0.25) is 0 Å². The number of urea groups is 1. The van der Waals surface area contributed by atoms with Gasteiger partial charge in [0.1, 0.15) is 11.4 Å². The van der Waals surface area contributed by atoms with Gasteiger partial charge in [-0.05, 0) is 36.4 Å². The highest BCUT2D eigenvalue weighted by atomic mass is 19.1. The van der Waals surface area contributed by atoms with E-state index in [1.54, 1.807) is 6.20 Å². The second-order valence-electron chi connectivity index (χ2n) is 6.37. The second-order valence-corrected chi connectivity index (χ2v) is 6.37. The summed E-state index contributed by atoms with van der Waals surface area (Å²) in [5.74, 6) is 0.463. The molecular formula is C22H14FN3O3. The molecule has 4 amide bonds. The number of carbonyl (C=O) groups excluding carboxylic acids is 3. The maximum Gasteiger partial charge on any atom is 0.335 e. The first-order chi connectivity index (χ1) is 14.0. The van der Waals surface area contributed by atoms with Crippen molar-refractivity contribution in [3.8, 4) is 12.3 Å². The fourth-order valence-electron chi connectivity index (χ4n) is 3.26. The lowest BCUT2D eigenvalue weighted by atomic mass is 10.1. The number of nitrogens with one attached hydrogen (secondary N) is 1. The molecule has 3 aromatic rings. The number of rotatable bonds is 3. The van der Waals surface area contributed by atoms with Crippen molar-refractivity contribution >= 4 is 40.5 Å². The number of hydrogen-bond acceptors (Lipinski definition) is 3. The molecule has 0 spiro atoms. The molecular weight excluding hydrogens is 373 g/mol. The summed E-state index contributed by atoms with van der Waals surface area (Å²) < 4.78 is 15.0. The molecule has 2 aromatic carbocycles. The van der Waals surface area contributed by atoms with Gasteiger partial charge >= 0.3 is 6.03 Å². The summed E-state index contributed by atoms with van der Waals surface area (Å²) in [7, 11) is 0. The van der Waals surface area contributed by atoms with Gasteiger partial charge in [0.25, 0.3) is 11.8 Å². The zero-order chi connectivity index (χ0) is 20.5. The minimum Gasteiger partial charge on any atom is -0.335 e. The van der Waals surface area contributed by atoms with E-state index in [0.717, 1.165) is 27.9 Å². The molecule has 0 unspecified atom stereocenters. The number of terminal acetylenes is 1. The molecule has 1 N–H and O–H groups in total. The molecule has 7 heteroatoms. The summed E-state index contributed by atoms with van der Waals surface area (Å²) in [4.78, 5) is 38.3. The van der Waals surface area contributed by atoms with Crippen LogP contribution in [0.1, 0.15) is 5.56 Å². The first-order valence-electron chi connectivity index (χ1n) is 8.68. The molecule has 1 aliphatic rings. The number of nitrogens with zero attached hydrogens (tertiary/aromatic N) is 2. The molecule has 1 saturated heterocycles. The summed E-state index contributed by atoms with van der Waals surface area (Å²) >= 11 is 0. The van der Waals surface area contributed by atoms with Crippen LogP contribution in [0.3, 0.4) is 0 Å². The number of imide groups is 2. The molecule has 1 fully saturated rings. The number of amides is 4. The molecule has 1 aromatic heterocycles. The Bertz CT molecular complexity index is 1230. The van der Waals surface area contributed by atoms with Crippen LogP contribution in [-0.4, -0.2) is 22.4 Å². The van der Waals surface area contributed by atoms with Gasteiger partial charge in [0.05, 0.1) is 12.2 Å². The molecule has 0 bridgehead atoms. The van der Waals surface area contributed by atoms with Crippen molar-refractivity contribution in [1.82, 2.24) is 9.88 Å². The van der Waals surface area contributed by atoms with Crippen molar-refractivity contribution < 1.29 is 18.8 Å². The number of halogens is 1. The smallest absolute Gasteiger partial charge is 0.335 e. The van der Waals surface area contributed by atoms with Gasteiger partial charge in [-0.15, -0.1) is 6.42 Å². The predicted octanol–water partition coefficient (Wildman–Crippen LogP) is 3.08. The van der Waals surface area contributed by atoms with E-state index in [2.05, 4.69) is 11.2 Å². The molecule has 6 nitrogen and oxygen atoms in total. The van der Waals surface area contributed by atoms with E-state index >= 15 is 0 Å². The molecule has 0 saturated carbocycles. The average Bonchev–Trinajstić information content (AvgIpc) is 3.04. The molecule has 0 atom stereocenters. The minimum atomic E-state index is -0.890. The highest BCUT2D eigenvalue weighted by Gasteiger charge is 2.37. The first-order valence-corrected chi connectivity index (χ1v) is 8.68. The van der Waals surface area contributed by atoms with Crippen molar-refractivity contribution in [3.63, 3.8) is 0 Å². The van der Waals surface area contributed by atoms with Crippen LogP contribution in [0.15, 0.2) is 60.3 Å². The highest BCUT2D eigenvalue weighted by Crippen LogP contribution is 2.26. The van der Waals surface area contributed by atoms with E-state index in [9.17, 15) is 18.8 Å². The van der Waals surface area contributed by atoms with Crippen molar-refractivity contribution in [1.29, 1.82) is 0 Å². The SMILES string of the molecule is C#CCn1cc(/C=C2\C(=O)NC(=O)N(c3ccc(F)cc3)C2=O)c2ccccc21. The lowest BCUT2D eigenvalue weighted by Crippen LogP contribution is -2.54. The summed E-state index contributed by atoms with van der Waals surface area (Å²) in [5.41, 5.74) is 1.41. The molecule has 29 heavy (non-hydrogen) atoms. The number of hydrogen-bond donors (Lipinski definition) is 1. The van der Waals surface area contributed by atoms with Crippen molar-refractivity contribution in [2.24, 2.45) is 0 Å². The molecule has 142 valence electrons. The quantitative estimate of drug-likeness (QED) is 0.427. The Morgan fingerprint density at radius 1 is 1.07 bits per heavy atom. The van der Waals surface area contributed by atoms with Gasteiger partial charge in [-0.2, -0.15) is 0 Å². The van der Waals surface area contributed by atoms with Gasteiger partial charge < -0.3 is 4.57 Å². The van der Waals surface area contributed by atoms with Gasteiger partial charge in [-0.1, -0.05) is 24.1 Å². The van der Waals surface area contributed by atoms with Gasteiger partial charge in [-0.25, -0.2) is 14.1 Å². The van der Waals surface area contributed by atoms with Gasteiger partial charge in [0.15, 0.2) is 0 Å². The van der Waals surface area contributed by atoms with Gasteiger partial charge in [-0.3, -0.25) is 14.9 Å². The van der Waals surface area contributed by atoms with E-state index in [-0.39, 0.29) is 11.3 Å². The van der Waals surface area contributed by atoms with E-state index < -0.39 is 23.7 Å². The standard InChI is InChI=1S/C22H14FN3O3/c1-2-11-25-13-14(17-5-3-4-6-19(17)25)12-18-20(27)24-22(29)26(21(18)28)16-9-7-15(23)8-10-16/h1,3-10,12-13H,11H2,(H,24,27,29)/b18-12+. The van der Waals surface area contributed by atoms with Gasteiger partial charge in [0.2, 0.25) is 0 Å². The fraction of sp³-hybridized carbons (Fsp3) is 0.0455. The van der Waals surface area contributed by atoms with Crippen LogP contribution >= 0.6 is 0 Å². The van der Waals surface area contributed by atoms with Crippen LogP contribution in [0.5, 0.6) is 0 Å². The van der Waals surface area contributed by atoms with E-state index in [4.69, 9.17) is 6.42 Å². The number of carbonyl (C=O) groups is 3. The summed E-state index contributed by atoms with van der Waals surface area (Å²) in [6, 6.07) is 11.4. The fourth-order valence-corrected chi connectivity index (χ4v) is 3.26. The van der Waals surface area contributed by atoms with Crippen LogP contribution in [0.25, 0.3) is 17.0 Å². The van der Waals surface area contributed by atoms with Crippen LogP contribution in [0.4, 0.5) is 14.9 Å². The summed E-state index contributed by atoms with van der Waals surface area (Å²) in [6.45, 7) is 0.323. The Morgan fingerprint density at radius 3 is 2.52 bits per heavy atom. The lowest BCUT2D eigenvalue weighted by molar-refractivity contribution is -0.122. The number of fused-ring (bicyclic) bond motifs is 1. The van der Waals surface area contributed by atoms with Crippen molar-refractivity contribution in [3.05, 3.63) is 71.7 Å². The third-order valence-corrected chi connectivity index (χ3v) is 4.57. The zero-order valence-electron chi connectivity index (χ0n) is 15.1. The number of benzene rings is 2. The molecule has 0 radical (unpaired) electrons. The molecule has 2 heterocycles. The third-order valence-electron chi connectivity index (χ3n) is 4.57. The van der Waals surface area contributed by atoms with Crippen LogP contribution in [-0.2, 0) is 16.1 Å². The molecule has 0 aliphatic carbocycles. The van der Waals surface area contributed by atoms with Crippen molar-refractivity contribution in [2.75, 3.05) is 4.90 Å². The van der Waals surface area contributed by atoms with Crippen molar-refractivity contribution in [2.45, 2.75) is 6.54 Å². The first kappa shape index (κ1) is 18.2. The Hall–Kier alpha value is -4.18. The maximum atomic E-state index is 13.2. The topological polar surface area (TPSA) is 71.4 Å². The van der Waals surface area contributed by atoms with E-state index in [1.807, 2.05) is 28.8 Å². The predicted molar refractivity (Wildman–Crippen MR) is 106 cm³/mol. The Kier molecular flexibility index (Phi) is 4.45. The largest absolute Gasteiger partial charge is 0.335 e. The lowest BCUT2D eigenvalue weighted by Gasteiger charge is -2.26. The number of aromatic nitrogens is 1. The second kappa shape index (κ2) is 7.09. The Balaban J connectivity index is 1.81. The minimum absolute atomic E-state index is 0.155. The molecule has 1 aliphatic heterocycles. The van der Waals surface area contributed by atoms with Crippen LogP contribution in [0, 0.1) is 18.2 Å². The average molecular weight is 387 g/mol. The maximum absolute atomic E-state index is 13.2. The molecule has 4 rings (SSSR count). The number of barbiturate groups is 1. The number of anilines is 1. The number of para-hydroxylation sites is 1. The van der Waals surface area contributed by atoms with E-state index in [1.165, 1.54) is 18.2 Å². The normalized spacial score (nSPS) is 15.7. The monoisotopic (exact) mass is 387 g/mol. The highest BCUT2D eigenvalue weighted by molar-refractivity contribution is 6.39. The third kappa shape index (κ3) is 3.17. The van der Waals surface area contributed by atoms with E-state index in [0.29, 0.717) is 12.1 Å². The summed E-state index contributed by atoms with van der Waals surface area (Å²) in [5, 5.41) is 2.96.